The van der Waals surface area contributed by atoms with Crippen molar-refractivity contribution in [3.8, 4) is 39.5 Å². The predicted octanol–water partition coefficient (Wildman–Crippen LogP) is 6.43. The number of carbonyl (C=O) groups excluding carboxylic acids is 1. The summed E-state index contributed by atoms with van der Waals surface area (Å²) < 4.78 is 40.6. The summed E-state index contributed by atoms with van der Waals surface area (Å²) in [4.78, 5) is 19.5. The number of nitrogens with zero attached hydrogens (tertiary/aromatic N) is 6. The van der Waals surface area contributed by atoms with Crippen molar-refractivity contribution in [1.82, 2.24) is 29.4 Å². The minimum atomic E-state index is -0.828. The highest BCUT2D eigenvalue weighted by Gasteiger charge is 2.31. The highest BCUT2D eigenvalue weighted by molar-refractivity contribution is 7.18. The molecule has 4 aromatic heterocycles. The number of carbonyl (C=O) groups is 1. The van der Waals surface area contributed by atoms with Crippen molar-refractivity contribution in [3.05, 3.63) is 83.5 Å². The van der Waals surface area contributed by atoms with E-state index in [4.69, 9.17) is 14.8 Å². The summed E-state index contributed by atoms with van der Waals surface area (Å²) in [6, 6.07) is 11.5. The van der Waals surface area contributed by atoms with Crippen LogP contribution in [0.3, 0.4) is 0 Å². The van der Waals surface area contributed by atoms with E-state index in [1.54, 1.807) is 4.90 Å². The predicted molar refractivity (Wildman–Crippen MR) is 174 cm³/mol. The van der Waals surface area contributed by atoms with E-state index in [1.807, 2.05) is 66.0 Å². The molecule has 234 valence electrons. The highest BCUT2D eigenvalue weighted by atomic mass is 32.1. The minimum Gasteiger partial charge on any atom is -0.490 e. The second kappa shape index (κ2) is 11.5. The lowest BCUT2D eigenvalue weighted by Crippen LogP contribution is -2.40. The number of aliphatic hydroxyl groups excluding tert-OH is 1. The molecule has 0 saturated carbocycles. The molecule has 6 aromatic rings. The lowest BCUT2D eigenvalue weighted by molar-refractivity contribution is -0.129. The zero-order valence-corrected chi connectivity index (χ0v) is 26.2. The SMILES string of the molecule is C=CC(=O)N1CCn2nc(-c3nc(-c4ccc5c(c4)c(C)nn5C)c4ccsc4c3-c3c(F)cc(F)cc3OCCO)cc2[C@H]1C. The fourth-order valence-corrected chi connectivity index (χ4v) is 7.30. The third-order valence-corrected chi connectivity index (χ3v) is 9.43. The van der Waals surface area contributed by atoms with Gasteiger partial charge in [-0.25, -0.2) is 13.8 Å². The molecular weight excluding hydrogens is 610 g/mol. The summed E-state index contributed by atoms with van der Waals surface area (Å²) in [7, 11) is 1.90. The molecule has 9 nitrogen and oxygen atoms in total. The number of benzene rings is 2. The largest absolute Gasteiger partial charge is 0.490 e. The zero-order chi connectivity index (χ0) is 32.3. The standard InChI is InChI=1S/C34H30F2N6O3S/c1-5-29(44)41-9-10-42-27(19(41)3)17-25(39-42)33-31(30-24(36)15-21(35)16-28(30)45-12-11-43)34-22(8-13-46-34)32(37-33)20-6-7-26-23(14-20)18(2)38-40(26)4/h5-8,13-17,19,43H,1,9-12H2,2-4H3/t19-/m1/s1. The van der Waals surface area contributed by atoms with Gasteiger partial charge in [-0.2, -0.15) is 10.2 Å². The van der Waals surface area contributed by atoms with Crippen LogP contribution >= 0.6 is 11.3 Å². The van der Waals surface area contributed by atoms with Gasteiger partial charge in [-0.3, -0.25) is 14.2 Å². The number of amides is 1. The van der Waals surface area contributed by atoms with Crippen molar-refractivity contribution in [2.24, 2.45) is 7.05 Å². The summed E-state index contributed by atoms with van der Waals surface area (Å²) >= 11 is 1.41. The molecule has 1 aliphatic rings. The highest BCUT2D eigenvalue weighted by Crippen LogP contribution is 2.47. The van der Waals surface area contributed by atoms with Gasteiger partial charge in [0.25, 0.3) is 0 Å². The number of aliphatic hydroxyl groups is 1. The lowest BCUT2D eigenvalue weighted by atomic mass is 9.96. The summed E-state index contributed by atoms with van der Waals surface area (Å²) in [5.74, 6) is -1.86. The third-order valence-electron chi connectivity index (χ3n) is 8.49. The molecule has 0 saturated heterocycles. The molecule has 0 fully saturated rings. The molecule has 0 unspecified atom stereocenters. The van der Waals surface area contributed by atoms with Crippen LogP contribution in [0.4, 0.5) is 8.78 Å². The summed E-state index contributed by atoms with van der Waals surface area (Å²) in [5.41, 5.74) is 5.44. The first-order chi connectivity index (χ1) is 22.2. The molecule has 46 heavy (non-hydrogen) atoms. The van der Waals surface area contributed by atoms with Gasteiger partial charge in [0.2, 0.25) is 5.91 Å². The number of thiophene rings is 1. The van der Waals surface area contributed by atoms with Gasteiger partial charge in [-0.05, 0) is 49.6 Å². The maximum Gasteiger partial charge on any atom is 0.246 e. The maximum atomic E-state index is 16.0. The Labute approximate surface area is 267 Å². The first-order valence-electron chi connectivity index (χ1n) is 14.8. The molecule has 1 atom stereocenters. The number of pyridine rings is 1. The average Bonchev–Trinajstić information content (AvgIpc) is 3.77. The number of aromatic nitrogens is 5. The summed E-state index contributed by atoms with van der Waals surface area (Å²) in [6.45, 7) is 7.93. The minimum absolute atomic E-state index is 0.0254. The Kier molecular flexibility index (Phi) is 7.41. The van der Waals surface area contributed by atoms with Gasteiger partial charge in [-0.1, -0.05) is 12.6 Å². The lowest BCUT2D eigenvalue weighted by Gasteiger charge is -2.33. The van der Waals surface area contributed by atoms with E-state index in [9.17, 15) is 14.3 Å². The molecule has 0 aliphatic carbocycles. The van der Waals surface area contributed by atoms with Gasteiger partial charge >= 0.3 is 0 Å². The Balaban J connectivity index is 1.52. The average molecular weight is 641 g/mol. The number of hydrogen-bond donors (Lipinski definition) is 1. The van der Waals surface area contributed by atoms with Crippen molar-refractivity contribution in [2.75, 3.05) is 19.8 Å². The second-order valence-corrected chi connectivity index (χ2v) is 12.1. The molecule has 0 spiro atoms. The molecule has 7 rings (SSSR count). The van der Waals surface area contributed by atoms with E-state index in [2.05, 4.69) is 11.7 Å². The number of hydrogen-bond acceptors (Lipinski definition) is 7. The van der Waals surface area contributed by atoms with Gasteiger partial charge in [0, 0.05) is 52.3 Å². The van der Waals surface area contributed by atoms with Crippen LogP contribution in [0.15, 0.2) is 60.5 Å². The van der Waals surface area contributed by atoms with Crippen molar-refractivity contribution in [2.45, 2.75) is 26.4 Å². The number of halogens is 2. The van der Waals surface area contributed by atoms with E-state index in [0.717, 1.165) is 45.4 Å². The van der Waals surface area contributed by atoms with Crippen LogP contribution in [0.2, 0.25) is 0 Å². The first kappa shape index (κ1) is 29.8. The maximum absolute atomic E-state index is 16.0. The van der Waals surface area contributed by atoms with E-state index < -0.39 is 11.6 Å². The molecule has 1 amide bonds. The normalized spacial score (nSPS) is 14.7. The molecule has 0 radical (unpaired) electrons. The van der Waals surface area contributed by atoms with Crippen LogP contribution in [0.25, 0.3) is 54.8 Å². The van der Waals surface area contributed by atoms with E-state index in [-0.39, 0.29) is 36.5 Å². The number of aryl methyl sites for hydroxylation is 2. The van der Waals surface area contributed by atoms with Crippen LogP contribution in [0.1, 0.15) is 24.4 Å². The van der Waals surface area contributed by atoms with Crippen LogP contribution < -0.4 is 4.74 Å². The van der Waals surface area contributed by atoms with Gasteiger partial charge in [0.1, 0.15) is 35.4 Å². The van der Waals surface area contributed by atoms with E-state index in [0.29, 0.717) is 40.4 Å². The molecule has 0 bridgehead atoms. The Morgan fingerprint density at radius 3 is 2.72 bits per heavy atom. The van der Waals surface area contributed by atoms with E-state index in [1.165, 1.54) is 17.4 Å². The smallest absolute Gasteiger partial charge is 0.246 e. The second-order valence-electron chi connectivity index (χ2n) is 11.2. The number of rotatable bonds is 7. The zero-order valence-electron chi connectivity index (χ0n) is 25.4. The van der Waals surface area contributed by atoms with Gasteiger partial charge in [0.05, 0.1) is 47.4 Å². The Morgan fingerprint density at radius 1 is 1.11 bits per heavy atom. The number of ether oxygens (including phenoxy) is 1. The fraction of sp³-hybridized carbons (Fsp3) is 0.235. The summed E-state index contributed by atoms with van der Waals surface area (Å²) in [6.07, 6.45) is 1.30. The molecule has 12 heteroatoms. The van der Waals surface area contributed by atoms with Crippen LogP contribution in [0.5, 0.6) is 5.75 Å². The molecular formula is C34H30F2N6O3S. The van der Waals surface area contributed by atoms with Gasteiger partial charge in [0.15, 0.2) is 0 Å². The molecule has 1 N–H and O–H groups in total. The summed E-state index contributed by atoms with van der Waals surface area (Å²) in [5, 5.41) is 22.6. The quantitative estimate of drug-likeness (QED) is 0.202. The molecule has 1 aliphatic heterocycles. The monoisotopic (exact) mass is 640 g/mol. The molecule has 2 aromatic carbocycles. The van der Waals surface area contributed by atoms with Gasteiger partial charge < -0.3 is 14.7 Å². The van der Waals surface area contributed by atoms with E-state index >= 15 is 4.39 Å². The fourth-order valence-electron chi connectivity index (χ4n) is 6.35. The topological polar surface area (TPSA) is 98.3 Å². The van der Waals surface area contributed by atoms with Crippen molar-refractivity contribution in [1.29, 1.82) is 0 Å². The van der Waals surface area contributed by atoms with Crippen LogP contribution in [-0.4, -0.2) is 60.2 Å². The van der Waals surface area contributed by atoms with Crippen molar-refractivity contribution in [3.63, 3.8) is 0 Å². The Morgan fingerprint density at radius 2 is 1.93 bits per heavy atom. The van der Waals surface area contributed by atoms with Crippen molar-refractivity contribution < 1.29 is 23.4 Å². The third kappa shape index (κ3) is 4.76. The van der Waals surface area contributed by atoms with Crippen LogP contribution in [0, 0.1) is 18.6 Å². The first-order valence-corrected chi connectivity index (χ1v) is 15.7. The van der Waals surface area contributed by atoms with Gasteiger partial charge in [-0.15, -0.1) is 11.3 Å². The van der Waals surface area contributed by atoms with Crippen LogP contribution in [-0.2, 0) is 18.4 Å². The Bertz CT molecular complexity index is 2190. The number of fused-ring (bicyclic) bond motifs is 3. The Hall–Kier alpha value is -4.94. The molecule has 5 heterocycles. The van der Waals surface area contributed by atoms with Crippen molar-refractivity contribution >= 4 is 38.2 Å².